The van der Waals surface area contributed by atoms with Crippen LogP contribution in [0, 0.1) is 32.3 Å². The average Bonchev–Trinajstić information content (AvgIpc) is 3.69. The fraction of sp³-hybridized carbons (Fsp3) is 0.194. The number of nitrogens with zero attached hydrogens (tertiary/aromatic N) is 7. The van der Waals surface area contributed by atoms with Crippen LogP contribution >= 0.6 is 0 Å². The molecule has 39 heavy (non-hydrogen) atoms. The predicted octanol–water partition coefficient (Wildman–Crippen LogP) is 4.97. The zero-order valence-corrected chi connectivity index (χ0v) is 24.4. The molecule has 198 valence electrons. The second kappa shape index (κ2) is 13.7. The maximum atomic E-state index is 4.70. The van der Waals surface area contributed by atoms with Crippen molar-refractivity contribution in [1.82, 2.24) is 33.7 Å². The maximum Gasteiger partial charge on any atom is 3.00 e. The normalized spacial score (nSPS) is 10.5. The number of rotatable bonds is 8. The molecule has 0 saturated heterocycles. The summed E-state index contributed by atoms with van der Waals surface area (Å²) in [6, 6.07) is 23.6. The zero-order chi connectivity index (χ0) is 26.2. The summed E-state index contributed by atoms with van der Waals surface area (Å²) in [7, 11) is 0. The van der Waals surface area contributed by atoms with E-state index in [4.69, 9.17) is 4.98 Å². The third-order valence-corrected chi connectivity index (χ3v) is 5.85. The SMILES string of the molecule is Cc1cc(Cn2[c-]ccc2)nc(Cn2[c-]ccc2)c1.Cc1cc(Cn2cccn2)[c-]c(Cn2cccn2)c1.[Ir+3]. The largest absolute Gasteiger partial charge is 3.00 e. The summed E-state index contributed by atoms with van der Waals surface area (Å²) in [5.74, 6) is 0. The number of hydrogen-bond acceptors (Lipinski definition) is 3. The first-order chi connectivity index (χ1) is 18.6. The zero-order valence-electron chi connectivity index (χ0n) is 22.0. The quantitative estimate of drug-likeness (QED) is 0.212. The van der Waals surface area contributed by atoms with Gasteiger partial charge < -0.3 is 9.13 Å². The maximum absolute atomic E-state index is 4.70. The molecule has 0 saturated carbocycles. The number of pyridine rings is 1. The van der Waals surface area contributed by atoms with Gasteiger partial charge >= 0.3 is 20.1 Å². The molecule has 7 nitrogen and oxygen atoms in total. The van der Waals surface area contributed by atoms with Crippen LogP contribution in [0.15, 0.2) is 97.8 Å². The van der Waals surface area contributed by atoms with Crippen molar-refractivity contribution in [1.29, 1.82) is 0 Å². The van der Waals surface area contributed by atoms with Crippen molar-refractivity contribution in [3.05, 3.63) is 150 Å². The minimum absolute atomic E-state index is 0. The first-order valence-electron chi connectivity index (χ1n) is 12.6. The minimum Gasteiger partial charge on any atom is -0.466 e. The Labute approximate surface area is 243 Å². The third kappa shape index (κ3) is 8.50. The molecule has 6 rings (SSSR count). The molecule has 5 aromatic heterocycles. The molecular formula is C31H30IrN7. The molecule has 6 aromatic rings. The van der Waals surface area contributed by atoms with Crippen LogP contribution in [0.1, 0.15) is 33.6 Å². The number of aromatic nitrogens is 7. The molecule has 0 aliphatic carbocycles. The van der Waals surface area contributed by atoms with E-state index in [0.717, 1.165) is 48.7 Å². The van der Waals surface area contributed by atoms with Gasteiger partial charge in [-0.3, -0.25) is 14.3 Å². The fourth-order valence-corrected chi connectivity index (χ4v) is 4.36. The van der Waals surface area contributed by atoms with Crippen LogP contribution in [0.25, 0.3) is 0 Å². The van der Waals surface area contributed by atoms with Gasteiger partial charge in [0.15, 0.2) is 0 Å². The summed E-state index contributed by atoms with van der Waals surface area (Å²) in [5.41, 5.74) is 6.89. The molecule has 8 heteroatoms. The molecular weight excluding hydrogens is 663 g/mol. The van der Waals surface area contributed by atoms with Crippen molar-refractivity contribution in [3.63, 3.8) is 0 Å². The van der Waals surface area contributed by atoms with Gasteiger partial charge in [0.1, 0.15) is 0 Å². The van der Waals surface area contributed by atoms with Gasteiger partial charge in [-0.2, -0.15) is 58.2 Å². The Morgan fingerprint density at radius 1 is 0.615 bits per heavy atom. The second-order valence-corrected chi connectivity index (χ2v) is 9.27. The van der Waals surface area contributed by atoms with Crippen molar-refractivity contribution in [2.45, 2.75) is 40.0 Å². The van der Waals surface area contributed by atoms with Crippen molar-refractivity contribution in [2.24, 2.45) is 0 Å². The molecule has 0 aliphatic rings. The van der Waals surface area contributed by atoms with Crippen LogP contribution in [0.3, 0.4) is 0 Å². The molecule has 0 unspecified atom stereocenters. The van der Waals surface area contributed by atoms with Crippen LogP contribution in [0.4, 0.5) is 0 Å². The van der Waals surface area contributed by atoms with Gasteiger partial charge in [-0.05, 0) is 36.8 Å². The van der Waals surface area contributed by atoms with Gasteiger partial charge in [-0.15, -0.1) is 35.9 Å². The van der Waals surface area contributed by atoms with Crippen LogP contribution < -0.4 is 0 Å². The predicted molar refractivity (Wildman–Crippen MR) is 146 cm³/mol. The molecule has 0 fully saturated rings. The molecule has 5 heterocycles. The van der Waals surface area contributed by atoms with Gasteiger partial charge in [0.05, 0.1) is 11.4 Å². The van der Waals surface area contributed by atoms with Crippen molar-refractivity contribution < 1.29 is 20.1 Å². The molecule has 0 atom stereocenters. The van der Waals surface area contributed by atoms with E-state index < -0.39 is 0 Å². The number of benzene rings is 1. The standard InChI is InChI=1S/C16H15N3.C15H15N4.Ir/c1-14-10-15(12-18-6-2-3-7-18)17-16(11-14)13-19-8-4-5-9-19;1-13-8-14(11-18-6-2-4-16-18)10-15(9-13)12-19-7-3-5-17-19;/h2-6,8,10-11H,12-13H2,1H3;2-9H,11-12H2,1H3;/q-2;-1;+3. The second-order valence-electron chi connectivity index (χ2n) is 9.27. The van der Waals surface area contributed by atoms with Crippen LogP contribution in [0.2, 0.25) is 0 Å². The van der Waals surface area contributed by atoms with E-state index in [0.29, 0.717) is 0 Å². The van der Waals surface area contributed by atoms with Crippen molar-refractivity contribution in [2.75, 3.05) is 0 Å². The Balaban J connectivity index is 0.000000176. The van der Waals surface area contributed by atoms with E-state index in [1.807, 2.05) is 79.7 Å². The Bertz CT molecular complexity index is 1290. The van der Waals surface area contributed by atoms with E-state index in [1.165, 1.54) is 11.1 Å². The van der Waals surface area contributed by atoms with E-state index in [1.54, 1.807) is 12.4 Å². The van der Waals surface area contributed by atoms with Gasteiger partial charge in [-0.1, -0.05) is 6.92 Å². The topological polar surface area (TPSA) is 58.4 Å². The molecule has 0 N–H and O–H groups in total. The monoisotopic (exact) mass is 693 g/mol. The summed E-state index contributed by atoms with van der Waals surface area (Å²) in [4.78, 5) is 4.70. The Kier molecular flexibility index (Phi) is 9.84. The number of hydrogen-bond donors (Lipinski definition) is 0. The van der Waals surface area contributed by atoms with Crippen molar-refractivity contribution in [3.8, 4) is 0 Å². The van der Waals surface area contributed by atoms with E-state index in [2.05, 4.69) is 66.8 Å². The van der Waals surface area contributed by atoms with Gasteiger partial charge in [0.25, 0.3) is 0 Å². The van der Waals surface area contributed by atoms with Crippen LogP contribution in [-0.2, 0) is 46.3 Å². The van der Waals surface area contributed by atoms with Crippen LogP contribution in [0.5, 0.6) is 0 Å². The van der Waals surface area contributed by atoms with Crippen molar-refractivity contribution >= 4 is 0 Å². The van der Waals surface area contributed by atoms with Crippen LogP contribution in [-0.4, -0.2) is 33.7 Å². The Morgan fingerprint density at radius 2 is 1.10 bits per heavy atom. The minimum atomic E-state index is 0. The fourth-order valence-electron chi connectivity index (χ4n) is 4.36. The Hall–Kier alpha value is -4.00. The summed E-state index contributed by atoms with van der Waals surface area (Å²) >= 11 is 0. The molecule has 1 aromatic carbocycles. The van der Waals surface area contributed by atoms with E-state index in [-0.39, 0.29) is 20.1 Å². The molecule has 0 aliphatic heterocycles. The molecule has 0 radical (unpaired) electrons. The van der Waals surface area contributed by atoms with Gasteiger partial charge in [-0.25, -0.2) is 0 Å². The van der Waals surface area contributed by atoms with Gasteiger partial charge in [0.2, 0.25) is 0 Å². The smallest absolute Gasteiger partial charge is 0.466 e. The summed E-state index contributed by atoms with van der Waals surface area (Å²) in [5, 5.41) is 8.45. The molecule has 0 bridgehead atoms. The first-order valence-corrected chi connectivity index (χ1v) is 12.6. The van der Waals surface area contributed by atoms with Gasteiger partial charge in [0, 0.05) is 51.0 Å². The Morgan fingerprint density at radius 3 is 1.51 bits per heavy atom. The summed E-state index contributed by atoms with van der Waals surface area (Å²) in [6.07, 6.45) is 17.8. The third-order valence-electron chi connectivity index (χ3n) is 5.85. The first kappa shape index (κ1) is 28.0. The molecule has 0 amide bonds. The average molecular weight is 693 g/mol. The summed E-state index contributed by atoms with van der Waals surface area (Å²) in [6.45, 7) is 7.23. The molecule has 0 spiro atoms. The number of aryl methyl sites for hydroxylation is 2. The van der Waals surface area contributed by atoms with E-state index >= 15 is 0 Å². The van der Waals surface area contributed by atoms with E-state index in [9.17, 15) is 0 Å². The summed E-state index contributed by atoms with van der Waals surface area (Å²) < 4.78 is 7.83.